The molecule has 6 heteroatoms. The smallest absolute Gasteiger partial charge is 0.404 e. The van der Waals surface area contributed by atoms with Crippen LogP contribution in [0.1, 0.15) is 37.7 Å². The van der Waals surface area contributed by atoms with Gasteiger partial charge in [-0.05, 0) is 36.6 Å². The fourth-order valence-electron chi connectivity index (χ4n) is 3.89. The highest BCUT2D eigenvalue weighted by Gasteiger charge is 2.41. The maximum absolute atomic E-state index is 12.6. The van der Waals surface area contributed by atoms with Crippen molar-refractivity contribution in [3.05, 3.63) is 35.6 Å². The van der Waals surface area contributed by atoms with Crippen LogP contribution >= 0.6 is 0 Å². The number of cyclic esters (lactones) is 1. The van der Waals surface area contributed by atoms with E-state index in [0.717, 1.165) is 63.2 Å². The highest BCUT2D eigenvalue weighted by atomic mass is 16.6. The second-order valence-corrected chi connectivity index (χ2v) is 7.03. The molecule has 6 nitrogen and oxygen atoms in total. The molecule has 0 bridgehead atoms. The van der Waals surface area contributed by atoms with Crippen molar-refractivity contribution in [1.82, 2.24) is 4.90 Å². The van der Waals surface area contributed by atoms with Gasteiger partial charge < -0.3 is 14.4 Å². The minimum atomic E-state index is -0.530. The van der Waals surface area contributed by atoms with Gasteiger partial charge in [0.2, 0.25) is 0 Å². The molecule has 2 heterocycles. The first-order chi connectivity index (χ1) is 12.7. The molecule has 0 aromatic heterocycles. The van der Waals surface area contributed by atoms with E-state index < -0.39 is 6.09 Å². The molecule has 3 aliphatic rings. The number of carbonyl (C=O) groups is 2. The van der Waals surface area contributed by atoms with E-state index in [0.29, 0.717) is 0 Å². The van der Waals surface area contributed by atoms with Gasteiger partial charge in [-0.3, -0.25) is 4.79 Å². The van der Waals surface area contributed by atoms with Crippen molar-refractivity contribution < 1.29 is 19.1 Å². The number of hydrogen-bond donors (Lipinski definition) is 0. The Labute approximate surface area is 153 Å². The zero-order valence-electron chi connectivity index (χ0n) is 14.9. The molecule has 2 amide bonds. The van der Waals surface area contributed by atoms with Gasteiger partial charge in [0, 0.05) is 24.8 Å². The summed E-state index contributed by atoms with van der Waals surface area (Å²) in [5, 5.41) is 0. The van der Waals surface area contributed by atoms with Gasteiger partial charge in [0.1, 0.15) is 0 Å². The standard InChI is InChI=1S/C20H24N2O4/c23-19-18(26-20(24)22(19)17-4-2-1-3-5-17)14-15-6-8-16(9-7-15)21-10-12-25-13-11-21/h6-9,14,17H,1-5,10-13H2/b18-14+. The number of anilines is 1. The monoisotopic (exact) mass is 356 g/mol. The Morgan fingerprint density at radius 2 is 1.65 bits per heavy atom. The van der Waals surface area contributed by atoms with Crippen LogP contribution in [0.2, 0.25) is 0 Å². The molecule has 0 radical (unpaired) electrons. The highest BCUT2D eigenvalue weighted by Crippen LogP contribution is 2.29. The second kappa shape index (κ2) is 7.50. The van der Waals surface area contributed by atoms with Crippen LogP contribution in [-0.2, 0) is 14.3 Å². The third-order valence-corrected chi connectivity index (χ3v) is 5.33. The first-order valence-corrected chi connectivity index (χ1v) is 9.42. The van der Waals surface area contributed by atoms with Gasteiger partial charge in [-0.25, -0.2) is 9.69 Å². The molecule has 1 saturated carbocycles. The Morgan fingerprint density at radius 1 is 0.962 bits per heavy atom. The number of morpholine rings is 1. The normalized spacial score (nSPS) is 23.6. The Bertz CT molecular complexity index is 701. The lowest BCUT2D eigenvalue weighted by molar-refractivity contribution is -0.125. The summed E-state index contributed by atoms with van der Waals surface area (Å²) < 4.78 is 10.6. The zero-order chi connectivity index (χ0) is 17.9. The Kier molecular flexibility index (Phi) is 4.93. The summed E-state index contributed by atoms with van der Waals surface area (Å²) in [5.41, 5.74) is 1.98. The first kappa shape index (κ1) is 17.1. The number of ether oxygens (including phenoxy) is 2. The lowest BCUT2D eigenvalue weighted by atomic mass is 9.94. The molecule has 2 aliphatic heterocycles. The minimum absolute atomic E-state index is 0.0154. The molecular weight excluding hydrogens is 332 g/mol. The van der Waals surface area contributed by atoms with E-state index in [1.165, 1.54) is 11.3 Å². The molecule has 0 N–H and O–H groups in total. The van der Waals surface area contributed by atoms with Crippen molar-refractivity contribution in [2.75, 3.05) is 31.2 Å². The molecule has 4 rings (SSSR count). The third-order valence-electron chi connectivity index (χ3n) is 5.33. The predicted molar refractivity (Wildman–Crippen MR) is 97.7 cm³/mol. The van der Waals surface area contributed by atoms with Crippen LogP contribution in [0.4, 0.5) is 10.5 Å². The summed E-state index contributed by atoms with van der Waals surface area (Å²) in [6.07, 6.45) is 6.18. The van der Waals surface area contributed by atoms with Crippen LogP contribution < -0.4 is 4.90 Å². The molecule has 2 saturated heterocycles. The molecule has 0 spiro atoms. The van der Waals surface area contributed by atoms with Crippen LogP contribution in [0.25, 0.3) is 6.08 Å². The average molecular weight is 356 g/mol. The van der Waals surface area contributed by atoms with E-state index in [9.17, 15) is 9.59 Å². The van der Waals surface area contributed by atoms with Crippen LogP contribution in [0.5, 0.6) is 0 Å². The van der Waals surface area contributed by atoms with Crippen LogP contribution in [0.3, 0.4) is 0 Å². The Balaban J connectivity index is 1.47. The van der Waals surface area contributed by atoms with Gasteiger partial charge in [0.25, 0.3) is 5.91 Å². The van der Waals surface area contributed by atoms with Crippen LogP contribution in [0.15, 0.2) is 30.0 Å². The topological polar surface area (TPSA) is 59.1 Å². The Morgan fingerprint density at radius 3 is 2.35 bits per heavy atom. The minimum Gasteiger partial charge on any atom is -0.404 e. The molecule has 0 unspecified atom stereocenters. The molecule has 138 valence electrons. The van der Waals surface area contributed by atoms with Crippen molar-refractivity contribution in [3.63, 3.8) is 0 Å². The fourth-order valence-corrected chi connectivity index (χ4v) is 3.89. The number of rotatable bonds is 3. The van der Waals surface area contributed by atoms with Gasteiger partial charge in [0.15, 0.2) is 5.76 Å². The van der Waals surface area contributed by atoms with Gasteiger partial charge >= 0.3 is 6.09 Å². The number of carbonyl (C=O) groups excluding carboxylic acids is 2. The lowest BCUT2D eigenvalue weighted by Gasteiger charge is -2.28. The lowest BCUT2D eigenvalue weighted by Crippen LogP contribution is -2.40. The van der Waals surface area contributed by atoms with Crippen LogP contribution in [-0.4, -0.2) is 49.2 Å². The molecular formula is C20H24N2O4. The summed E-state index contributed by atoms with van der Waals surface area (Å²) >= 11 is 0. The summed E-state index contributed by atoms with van der Waals surface area (Å²) in [6.45, 7) is 3.25. The van der Waals surface area contributed by atoms with E-state index in [1.54, 1.807) is 6.08 Å². The number of amides is 2. The number of benzene rings is 1. The Hall–Kier alpha value is -2.34. The molecule has 3 fully saturated rings. The van der Waals surface area contributed by atoms with E-state index in [-0.39, 0.29) is 17.7 Å². The van der Waals surface area contributed by atoms with Gasteiger partial charge in [-0.2, -0.15) is 0 Å². The highest BCUT2D eigenvalue weighted by molar-refractivity contribution is 6.10. The van der Waals surface area contributed by atoms with Crippen LogP contribution in [0, 0.1) is 0 Å². The van der Waals surface area contributed by atoms with E-state index in [2.05, 4.69) is 4.90 Å². The van der Waals surface area contributed by atoms with Gasteiger partial charge in [-0.15, -0.1) is 0 Å². The summed E-state index contributed by atoms with van der Waals surface area (Å²) in [7, 11) is 0. The average Bonchev–Trinajstić information content (AvgIpc) is 2.97. The molecule has 1 aliphatic carbocycles. The largest absolute Gasteiger partial charge is 0.422 e. The van der Waals surface area contributed by atoms with Crippen molar-refractivity contribution in [2.24, 2.45) is 0 Å². The predicted octanol–water partition coefficient (Wildman–Crippen LogP) is 3.18. The SMILES string of the molecule is O=C1O/C(=C/c2ccc(N3CCOCC3)cc2)C(=O)N1C1CCCCC1. The molecule has 1 aromatic rings. The van der Waals surface area contributed by atoms with Gasteiger partial charge in [-0.1, -0.05) is 31.4 Å². The van der Waals surface area contributed by atoms with Crippen molar-refractivity contribution in [2.45, 2.75) is 38.1 Å². The fraction of sp³-hybridized carbons (Fsp3) is 0.500. The molecule has 26 heavy (non-hydrogen) atoms. The van der Waals surface area contributed by atoms with Gasteiger partial charge in [0.05, 0.1) is 13.2 Å². The third kappa shape index (κ3) is 3.46. The molecule has 0 atom stereocenters. The summed E-state index contributed by atoms with van der Waals surface area (Å²) in [4.78, 5) is 28.4. The summed E-state index contributed by atoms with van der Waals surface area (Å²) in [5.74, 6) is -0.182. The maximum Gasteiger partial charge on any atom is 0.422 e. The van der Waals surface area contributed by atoms with Crippen molar-refractivity contribution in [3.8, 4) is 0 Å². The maximum atomic E-state index is 12.6. The number of nitrogens with zero attached hydrogens (tertiary/aromatic N) is 2. The number of imide groups is 1. The van der Waals surface area contributed by atoms with E-state index in [4.69, 9.17) is 9.47 Å². The van der Waals surface area contributed by atoms with Crippen molar-refractivity contribution >= 4 is 23.8 Å². The van der Waals surface area contributed by atoms with E-state index in [1.807, 2.05) is 24.3 Å². The zero-order valence-corrected chi connectivity index (χ0v) is 14.9. The first-order valence-electron chi connectivity index (χ1n) is 9.42. The second-order valence-electron chi connectivity index (χ2n) is 7.03. The van der Waals surface area contributed by atoms with E-state index >= 15 is 0 Å². The summed E-state index contributed by atoms with van der Waals surface area (Å²) in [6, 6.07) is 7.93. The molecule has 1 aromatic carbocycles. The quantitative estimate of drug-likeness (QED) is 0.779. The number of hydrogen-bond acceptors (Lipinski definition) is 5. The van der Waals surface area contributed by atoms with Crippen molar-refractivity contribution in [1.29, 1.82) is 0 Å².